The zero-order chi connectivity index (χ0) is 5.86. The second-order valence-electron chi connectivity index (χ2n) is 1.37. The number of rotatable bonds is 2. The summed E-state index contributed by atoms with van der Waals surface area (Å²) < 4.78 is 4.66. The molecule has 1 N–H and O–H groups in total. The van der Waals surface area contributed by atoms with Crippen molar-refractivity contribution < 1.29 is 9.84 Å². The molecule has 0 saturated carbocycles. The quantitative estimate of drug-likeness (QED) is 0.529. The highest BCUT2D eigenvalue weighted by Gasteiger charge is 1.98. The van der Waals surface area contributed by atoms with Crippen molar-refractivity contribution in [2.75, 3.05) is 7.11 Å². The highest BCUT2D eigenvalue weighted by molar-refractivity contribution is 4.85. The van der Waals surface area contributed by atoms with Crippen LogP contribution in [0.1, 0.15) is 6.92 Å². The first-order chi connectivity index (χ1) is 3.18. The third-order valence-corrected chi connectivity index (χ3v) is 0.823. The van der Waals surface area contributed by atoms with Gasteiger partial charge in [-0.05, 0) is 6.92 Å². The molecule has 0 spiro atoms. The van der Waals surface area contributed by atoms with E-state index < -0.39 is 0 Å². The van der Waals surface area contributed by atoms with Crippen LogP contribution < -0.4 is 0 Å². The predicted molar refractivity (Wildman–Crippen MR) is 28.2 cm³/mol. The summed E-state index contributed by atoms with van der Waals surface area (Å²) in [6, 6.07) is 0. The third kappa shape index (κ3) is 2.23. The summed E-state index contributed by atoms with van der Waals surface area (Å²) >= 11 is 0. The Morgan fingerprint density at radius 1 is 1.86 bits per heavy atom. The summed E-state index contributed by atoms with van der Waals surface area (Å²) in [7, 11) is 1.52. The normalized spacial score (nSPS) is 13.4. The molecule has 0 radical (unpaired) electrons. The van der Waals surface area contributed by atoms with Crippen molar-refractivity contribution in [1.82, 2.24) is 0 Å². The molecule has 0 rings (SSSR count). The van der Waals surface area contributed by atoms with E-state index in [4.69, 9.17) is 5.11 Å². The van der Waals surface area contributed by atoms with Gasteiger partial charge in [0, 0.05) is 7.11 Å². The molecule has 2 heteroatoms. The largest absolute Gasteiger partial charge is 0.510 e. The molecule has 7 heavy (non-hydrogen) atoms. The van der Waals surface area contributed by atoms with Gasteiger partial charge in [-0.2, -0.15) is 0 Å². The van der Waals surface area contributed by atoms with Gasteiger partial charge < -0.3 is 9.84 Å². The molecule has 0 aromatic heterocycles. The lowest BCUT2D eigenvalue weighted by molar-refractivity contribution is 0.108. The van der Waals surface area contributed by atoms with Gasteiger partial charge in [-0.15, -0.1) is 0 Å². The molecule has 1 unspecified atom stereocenters. The molecule has 0 saturated heterocycles. The van der Waals surface area contributed by atoms with E-state index in [1.54, 1.807) is 6.92 Å². The zero-order valence-corrected chi connectivity index (χ0v) is 4.64. The first kappa shape index (κ1) is 6.50. The Morgan fingerprint density at radius 2 is 2.29 bits per heavy atom. The first-order valence-corrected chi connectivity index (χ1v) is 2.09. The summed E-state index contributed by atoms with van der Waals surface area (Å²) in [4.78, 5) is 0. The average Bonchev–Trinajstić information content (AvgIpc) is 1.65. The van der Waals surface area contributed by atoms with Gasteiger partial charge in [0.1, 0.15) is 11.9 Å². The topological polar surface area (TPSA) is 29.5 Å². The standard InChI is InChI=1S/C5H10O2/c1-4(6)5(2)7-3/h5-6H,1H2,2-3H3. The molecule has 0 aliphatic rings. The fraction of sp³-hybridized carbons (Fsp3) is 0.600. The number of aliphatic hydroxyl groups excluding tert-OH is 1. The van der Waals surface area contributed by atoms with Crippen molar-refractivity contribution >= 4 is 0 Å². The first-order valence-electron chi connectivity index (χ1n) is 2.09. The Bertz CT molecular complexity index is 68.5. The molecule has 0 fully saturated rings. The maximum absolute atomic E-state index is 8.50. The lowest BCUT2D eigenvalue weighted by Gasteiger charge is -2.04. The van der Waals surface area contributed by atoms with Crippen molar-refractivity contribution in [2.24, 2.45) is 0 Å². The second-order valence-corrected chi connectivity index (χ2v) is 1.37. The van der Waals surface area contributed by atoms with E-state index >= 15 is 0 Å². The van der Waals surface area contributed by atoms with Crippen LogP contribution in [0.5, 0.6) is 0 Å². The van der Waals surface area contributed by atoms with Crippen LogP contribution in [0.15, 0.2) is 12.3 Å². The number of hydrogen-bond acceptors (Lipinski definition) is 2. The number of methoxy groups -OCH3 is 1. The Kier molecular flexibility index (Phi) is 2.45. The van der Waals surface area contributed by atoms with Crippen LogP contribution in [0.25, 0.3) is 0 Å². The monoisotopic (exact) mass is 102 g/mol. The van der Waals surface area contributed by atoms with Crippen molar-refractivity contribution in [1.29, 1.82) is 0 Å². The molecule has 2 nitrogen and oxygen atoms in total. The van der Waals surface area contributed by atoms with E-state index in [9.17, 15) is 0 Å². The van der Waals surface area contributed by atoms with Gasteiger partial charge in [0.2, 0.25) is 0 Å². The van der Waals surface area contributed by atoms with E-state index in [1.807, 2.05) is 0 Å². The van der Waals surface area contributed by atoms with Crippen LogP contribution in [0.3, 0.4) is 0 Å². The van der Waals surface area contributed by atoms with E-state index in [0.717, 1.165) is 0 Å². The fourth-order valence-corrected chi connectivity index (χ4v) is 0.136. The minimum atomic E-state index is -0.236. The average molecular weight is 102 g/mol. The molecular weight excluding hydrogens is 92.1 g/mol. The van der Waals surface area contributed by atoms with Crippen LogP contribution in [0, 0.1) is 0 Å². The molecule has 42 valence electrons. The van der Waals surface area contributed by atoms with Gasteiger partial charge in [-0.3, -0.25) is 0 Å². The Balaban J connectivity index is 3.34. The van der Waals surface area contributed by atoms with Crippen LogP contribution >= 0.6 is 0 Å². The summed E-state index contributed by atoms with van der Waals surface area (Å²) in [6.07, 6.45) is -0.236. The van der Waals surface area contributed by atoms with E-state index in [-0.39, 0.29) is 11.9 Å². The second kappa shape index (κ2) is 2.64. The van der Waals surface area contributed by atoms with Gasteiger partial charge in [-0.25, -0.2) is 0 Å². The molecule has 1 atom stereocenters. The van der Waals surface area contributed by atoms with Gasteiger partial charge in [0.15, 0.2) is 0 Å². The minimum Gasteiger partial charge on any atom is -0.510 e. The van der Waals surface area contributed by atoms with Crippen LogP contribution in [0.4, 0.5) is 0 Å². The van der Waals surface area contributed by atoms with Gasteiger partial charge in [0.05, 0.1) is 0 Å². The predicted octanol–water partition coefficient (Wildman–Crippen LogP) is 1.09. The fourth-order valence-electron chi connectivity index (χ4n) is 0.136. The van der Waals surface area contributed by atoms with Crippen LogP contribution in [0.2, 0.25) is 0 Å². The maximum atomic E-state index is 8.50. The lowest BCUT2D eigenvalue weighted by atomic mass is 10.4. The molecule has 0 aromatic carbocycles. The summed E-state index contributed by atoms with van der Waals surface area (Å²) in [5.74, 6) is 0.0718. The number of hydrogen-bond donors (Lipinski definition) is 1. The van der Waals surface area contributed by atoms with Gasteiger partial charge >= 0.3 is 0 Å². The van der Waals surface area contributed by atoms with Crippen molar-refractivity contribution in [3.8, 4) is 0 Å². The highest BCUT2D eigenvalue weighted by Crippen LogP contribution is 1.95. The van der Waals surface area contributed by atoms with E-state index in [0.29, 0.717) is 0 Å². The molecule has 0 aliphatic heterocycles. The maximum Gasteiger partial charge on any atom is 0.114 e. The number of ether oxygens (including phenoxy) is 1. The van der Waals surface area contributed by atoms with Crippen LogP contribution in [-0.4, -0.2) is 18.3 Å². The van der Waals surface area contributed by atoms with Crippen molar-refractivity contribution in [2.45, 2.75) is 13.0 Å². The molecule has 0 heterocycles. The van der Waals surface area contributed by atoms with E-state index in [2.05, 4.69) is 11.3 Å². The lowest BCUT2D eigenvalue weighted by Crippen LogP contribution is -2.05. The van der Waals surface area contributed by atoms with E-state index in [1.165, 1.54) is 7.11 Å². The summed E-state index contributed by atoms with van der Waals surface area (Å²) in [5, 5.41) is 8.50. The molecular formula is C5H10O2. The van der Waals surface area contributed by atoms with Crippen molar-refractivity contribution in [3.05, 3.63) is 12.3 Å². The number of aliphatic hydroxyl groups is 1. The summed E-state index contributed by atoms with van der Waals surface area (Å²) in [5.41, 5.74) is 0. The minimum absolute atomic E-state index is 0.0718. The Hall–Kier alpha value is -0.500. The summed E-state index contributed by atoms with van der Waals surface area (Å²) in [6.45, 7) is 4.98. The Labute approximate surface area is 43.4 Å². The molecule has 0 aliphatic carbocycles. The molecule has 0 bridgehead atoms. The Morgan fingerprint density at radius 3 is 2.29 bits per heavy atom. The van der Waals surface area contributed by atoms with Crippen molar-refractivity contribution in [3.63, 3.8) is 0 Å². The van der Waals surface area contributed by atoms with Crippen LogP contribution in [-0.2, 0) is 4.74 Å². The zero-order valence-electron chi connectivity index (χ0n) is 4.64. The molecule has 0 aromatic rings. The smallest absolute Gasteiger partial charge is 0.114 e. The SMILES string of the molecule is C=C(O)C(C)OC. The highest BCUT2D eigenvalue weighted by atomic mass is 16.5. The van der Waals surface area contributed by atoms with Gasteiger partial charge in [-0.1, -0.05) is 6.58 Å². The van der Waals surface area contributed by atoms with Gasteiger partial charge in [0.25, 0.3) is 0 Å². The third-order valence-electron chi connectivity index (χ3n) is 0.823. The molecule has 0 amide bonds.